The zero-order valence-electron chi connectivity index (χ0n) is 10.5. The second kappa shape index (κ2) is 4.57. The van der Waals surface area contributed by atoms with Gasteiger partial charge in [-0.1, -0.05) is 12.2 Å². The predicted octanol–water partition coefficient (Wildman–Crippen LogP) is 0.216. The standard InChI is InChI=1S/C12H13N5O3/c13-12-15-9(11(19)20)8-10(16-12)17(5-14-8)7-2-1-6(3-7)4-18/h1-2,5-7,18H,3-4H2,(H,19,20)(H2,13,15,16)/t6-,7+/m1/s1. The SMILES string of the molecule is Nc1nc(C(=O)O)c2ncn([C@H]3C=C[C@@H](CO)C3)c2n1. The Bertz CT molecular complexity index is 708. The molecular formula is C12H13N5O3. The molecule has 0 radical (unpaired) electrons. The molecule has 0 saturated heterocycles. The minimum absolute atomic E-state index is 0.0203. The Morgan fingerprint density at radius 1 is 1.45 bits per heavy atom. The third-order valence-corrected chi connectivity index (χ3v) is 3.38. The third kappa shape index (κ3) is 1.90. The highest BCUT2D eigenvalue weighted by Gasteiger charge is 2.24. The van der Waals surface area contributed by atoms with E-state index >= 15 is 0 Å². The smallest absolute Gasteiger partial charge is 0.357 e. The molecule has 2 atom stereocenters. The first-order valence-electron chi connectivity index (χ1n) is 6.12. The summed E-state index contributed by atoms with van der Waals surface area (Å²) < 4.78 is 1.76. The number of aliphatic hydroxyl groups excluding tert-OH is 1. The van der Waals surface area contributed by atoms with Crippen LogP contribution in [0.2, 0.25) is 0 Å². The molecule has 0 bridgehead atoms. The molecule has 8 nitrogen and oxygen atoms in total. The third-order valence-electron chi connectivity index (χ3n) is 3.38. The van der Waals surface area contributed by atoms with Gasteiger partial charge < -0.3 is 20.5 Å². The van der Waals surface area contributed by atoms with Gasteiger partial charge in [-0.15, -0.1) is 0 Å². The van der Waals surface area contributed by atoms with Gasteiger partial charge in [0.25, 0.3) is 0 Å². The second-order valence-corrected chi connectivity index (χ2v) is 4.69. The lowest BCUT2D eigenvalue weighted by molar-refractivity contribution is 0.0692. The highest BCUT2D eigenvalue weighted by molar-refractivity contribution is 5.98. The fourth-order valence-electron chi connectivity index (χ4n) is 2.42. The quantitative estimate of drug-likeness (QED) is 0.683. The van der Waals surface area contributed by atoms with E-state index in [9.17, 15) is 4.79 Å². The van der Waals surface area contributed by atoms with Crippen molar-refractivity contribution in [2.75, 3.05) is 12.3 Å². The number of aromatic carboxylic acids is 1. The lowest BCUT2D eigenvalue weighted by Crippen LogP contribution is -2.10. The van der Waals surface area contributed by atoms with Gasteiger partial charge in [-0.3, -0.25) is 0 Å². The number of imidazole rings is 1. The molecule has 0 aliphatic heterocycles. The maximum Gasteiger partial charge on any atom is 0.357 e. The van der Waals surface area contributed by atoms with Gasteiger partial charge in [0.1, 0.15) is 5.52 Å². The molecule has 2 aromatic rings. The second-order valence-electron chi connectivity index (χ2n) is 4.69. The summed E-state index contributed by atoms with van der Waals surface area (Å²) in [5.74, 6) is -1.20. The minimum atomic E-state index is -1.19. The number of allylic oxidation sites excluding steroid dienone is 1. The van der Waals surface area contributed by atoms with E-state index in [1.54, 1.807) is 4.57 Å². The number of aromatic nitrogens is 4. The van der Waals surface area contributed by atoms with Crippen LogP contribution in [-0.4, -0.2) is 42.3 Å². The molecule has 0 fully saturated rings. The summed E-state index contributed by atoms with van der Waals surface area (Å²) in [6.45, 7) is 0.0805. The molecule has 20 heavy (non-hydrogen) atoms. The van der Waals surface area contributed by atoms with Crippen LogP contribution in [0.25, 0.3) is 11.2 Å². The van der Waals surface area contributed by atoms with Gasteiger partial charge in [-0.2, -0.15) is 4.98 Å². The van der Waals surface area contributed by atoms with Crippen LogP contribution in [0.5, 0.6) is 0 Å². The van der Waals surface area contributed by atoms with Crippen molar-refractivity contribution < 1.29 is 15.0 Å². The average Bonchev–Trinajstić information content (AvgIpc) is 3.02. The van der Waals surface area contributed by atoms with Gasteiger partial charge in [-0.25, -0.2) is 14.8 Å². The van der Waals surface area contributed by atoms with Crippen molar-refractivity contribution in [3.63, 3.8) is 0 Å². The molecule has 0 spiro atoms. The van der Waals surface area contributed by atoms with Crippen LogP contribution in [0.1, 0.15) is 23.0 Å². The van der Waals surface area contributed by atoms with Gasteiger partial charge in [0.2, 0.25) is 5.95 Å². The molecule has 0 aromatic carbocycles. The van der Waals surface area contributed by atoms with Crippen molar-refractivity contribution in [3.05, 3.63) is 24.2 Å². The fraction of sp³-hybridized carbons (Fsp3) is 0.333. The molecule has 0 unspecified atom stereocenters. The molecule has 2 aromatic heterocycles. The molecule has 1 aliphatic carbocycles. The summed E-state index contributed by atoms with van der Waals surface area (Å²) in [6.07, 6.45) is 6.12. The number of carboxylic acids is 1. The lowest BCUT2D eigenvalue weighted by atomic mass is 10.1. The highest BCUT2D eigenvalue weighted by atomic mass is 16.4. The number of nitrogens with zero attached hydrogens (tertiary/aromatic N) is 4. The van der Waals surface area contributed by atoms with Crippen LogP contribution in [0.4, 0.5) is 5.95 Å². The molecule has 0 amide bonds. The van der Waals surface area contributed by atoms with Crippen molar-refractivity contribution in [1.29, 1.82) is 0 Å². The van der Waals surface area contributed by atoms with E-state index < -0.39 is 5.97 Å². The minimum Gasteiger partial charge on any atom is -0.476 e. The summed E-state index contributed by atoms with van der Waals surface area (Å²) in [4.78, 5) is 23.0. The van der Waals surface area contributed by atoms with Gasteiger partial charge in [0.05, 0.1) is 12.4 Å². The zero-order chi connectivity index (χ0) is 14.3. The topological polar surface area (TPSA) is 127 Å². The van der Waals surface area contributed by atoms with E-state index in [-0.39, 0.29) is 35.7 Å². The van der Waals surface area contributed by atoms with Crippen LogP contribution < -0.4 is 5.73 Å². The summed E-state index contributed by atoms with van der Waals surface area (Å²) in [6, 6.07) is -0.0203. The van der Waals surface area contributed by atoms with Gasteiger partial charge >= 0.3 is 5.97 Å². The molecule has 104 valence electrons. The van der Waals surface area contributed by atoms with Gasteiger partial charge in [0.15, 0.2) is 11.3 Å². The number of carboxylic acid groups (broad SMARTS) is 1. The number of hydrogen-bond acceptors (Lipinski definition) is 6. The van der Waals surface area contributed by atoms with Crippen molar-refractivity contribution >= 4 is 23.1 Å². The van der Waals surface area contributed by atoms with Crippen molar-refractivity contribution in [3.8, 4) is 0 Å². The lowest BCUT2D eigenvalue weighted by Gasteiger charge is -2.12. The van der Waals surface area contributed by atoms with Gasteiger partial charge in [0, 0.05) is 12.5 Å². The fourth-order valence-corrected chi connectivity index (χ4v) is 2.42. The van der Waals surface area contributed by atoms with Crippen LogP contribution in [-0.2, 0) is 0 Å². The average molecular weight is 275 g/mol. The van der Waals surface area contributed by atoms with Crippen molar-refractivity contribution in [1.82, 2.24) is 19.5 Å². The molecule has 2 heterocycles. The van der Waals surface area contributed by atoms with Crippen LogP contribution >= 0.6 is 0 Å². The summed E-state index contributed by atoms with van der Waals surface area (Å²) in [5.41, 5.74) is 5.96. The Morgan fingerprint density at radius 2 is 2.25 bits per heavy atom. The summed E-state index contributed by atoms with van der Waals surface area (Å²) in [5, 5.41) is 18.3. The van der Waals surface area contributed by atoms with E-state index in [4.69, 9.17) is 15.9 Å². The van der Waals surface area contributed by atoms with Crippen LogP contribution in [0.15, 0.2) is 18.5 Å². The Morgan fingerprint density at radius 3 is 2.90 bits per heavy atom. The molecule has 0 saturated carbocycles. The Hall–Kier alpha value is -2.48. The number of rotatable bonds is 3. The number of anilines is 1. The monoisotopic (exact) mass is 275 g/mol. The first-order chi connectivity index (χ1) is 9.60. The Balaban J connectivity index is 2.10. The number of fused-ring (bicyclic) bond motifs is 1. The molecule has 4 N–H and O–H groups in total. The highest BCUT2D eigenvalue weighted by Crippen LogP contribution is 2.30. The summed E-state index contributed by atoms with van der Waals surface area (Å²) >= 11 is 0. The zero-order valence-corrected chi connectivity index (χ0v) is 10.5. The molecule has 3 rings (SSSR count). The van der Waals surface area contributed by atoms with Gasteiger partial charge in [-0.05, 0) is 6.42 Å². The number of nitrogen functional groups attached to an aromatic ring is 1. The molecule has 1 aliphatic rings. The molecule has 8 heteroatoms. The van der Waals surface area contributed by atoms with Crippen LogP contribution in [0.3, 0.4) is 0 Å². The van der Waals surface area contributed by atoms with Crippen molar-refractivity contribution in [2.24, 2.45) is 5.92 Å². The number of hydrogen-bond donors (Lipinski definition) is 3. The number of carbonyl (C=O) groups is 1. The van der Waals surface area contributed by atoms with Crippen molar-refractivity contribution in [2.45, 2.75) is 12.5 Å². The summed E-state index contributed by atoms with van der Waals surface area (Å²) in [7, 11) is 0. The maximum absolute atomic E-state index is 11.2. The Labute approximate surface area is 113 Å². The van der Waals surface area contributed by atoms with Crippen LogP contribution in [0, 0.1) is 5.92 Å². The Kier molecular flexibility index (Phi) is 2.87. The predicted molar refractivity (Wildman–Crippen MR) is 70.1 cm³/mol. The van der Waals surface area contributed by atoms with E-state index in [1.807, 2.05) is 12.2 Å². The first-order valence-corrected chi connectivity index (χ1v) is 6.12. The maximum atomic E-state index is 11.2. The number of aliphatic hydroxyl groups is 1. The van der Waals surface area contributed by atoms with E-state index in [2.05, 4.69) is 15.0 Å². The van der Waals surface area contributed by atoms with E-state index in [0.29, 0.717) is 12.1 Å². The first kappa shape index (κ1) is 12.5. The molecular weight excluding hydrogens is 262 g/mol. The largest absolute Gasteiger partial charge is 0.476 e. The van der Waals surface area contributed by atoms with E-state index in [1.165, 1.54) is 6.33 Å². The normalized spacial score (nSPS) is 21.6. The number of nitrogens with two attached hydrogens (primary N) is 1. The van der Waals surface area contributed by atoms with E-state index in [0.717, 1.165) is 0 Å².